The molecule has 0 bridgehead atoms. The Bertz CT molecular complexity index is 800. The third kappa shape index (κ3) is 1.85. The number of hydrogen-bond donors (Lipinski definition) is 1. The first kappa shape index (κ1) is 11.4. The molecule has 3 rings (SSSR count). The molecule has 0 unspecified atom stereocenters. The van der Waals surface area contributed by atoms with Crippen molar-refractivity contribution in [3.8, 4) is 0 Å². The summed E-state index contributed by atoms with van der Waals surface area (Å²) in [4.78, 5) is 23.8. The summed E-state index contributed by atoms with van der Waals surface area (Å²) in [6.45, 7) is 1.70. The van der Waals surface area contributed by atoms with E-state index in [-0.39, 0.29) is 11.3 Å². The molecule has 0 atom stereocenters. The Morgan fingerprint density at radius 3 is 2.79 bits per heavy atom. The molecule has 94 valence electrons. The van der Waals surface area contributed by atoms with Crippen LogP contribution in [0.15, 0.2) is 50.4 Å². The van der Waals surface area contributed by atoms with Crippen molar-refractivity contribution < 1.29 is 9.21 Å². The van der Waals surface area contributed by atoms with Crippen molar-refractivity contribution in [2.24, 2.45) is 5.10 Å². The largest absolute Gasteiger partial charge is 0.463 e. The molecule has 0 radical (unpaired) electrons. The van der Waals surface area contributed by atoms with E-state index in [1.807, 2.05) is 0 Å². The van der Waals surface area contributed by atoms with Crippen LogP contribution in [0.3, 0.4) is 0 Å². The Labute approximate surface area is 108 Å². The van der Waals surface area contributed by atoms with Crippen molar-refractivity contribution in [1.82, 2.24) is 5.43 Å². The van der Waals surface area contributed by atoms with E-state index in [1.165, 1.54) is 12.3 Å². The minimum Gasteiger partial charge on any atom is -0.463 e. The first-order valence-corrected chi connectivity index (χ1v) is 5.74. The van der Waals surface area contributed by atoms with Crippen molar-refractivity contribution in [3.63, 3.8) is 0 Å². The van der Waals surface area contributed by atoms with Gasteiger partial charge in [-0.3, -0.25) is 9.59 Å². The lowest BCUT2D eigenvalue weighted by molar-refractivity contribution is -0.116. The van der Waals surface area contributed by atoms with Gasteiger partial charge in [0.2, 0.25) is 0 Å². The molecule has 0 spiro atoms. The average molecular weight is 254 g/mol. The number of carbonyl (C=O) groups excluding carboxylic acids is 1. The van der Waals surface area contributed by atoms with E-state index < -0.39 is 0 Å². The molecule has 1 aliphatic rings. The van der Waals surface area contributed by atoms with E-state index in [0.717, 1.165) is 0 Å². The Balaban J connectivity index is 2.20. The summed E-state index contributed by atoms with van der Waals surface area (Å²) in [7, 11) is 0. The van der Waals surface area contributed by atoms with Crippen LogP contribution in [-0.4, -0.2) is 11.6 Å². The normalized spacial score (nSPS) is 16.8. The third-order valence-corrected chi connectivity index (χ3v) is 2.97. The van der Waals surface area contributed by atoms with Crippen LogP contribution in [0.4, 0.5) is 0 Å². The lowest BCUT2D eigenvalue weighted by Crippen LogP contribution is -2.14. The fraction of sp³-hybridized carbons (Fsp3) is 0.0714. The van der Waals surface area contributed by atoms with Gasteiger partial charge in [0, 0.05) is 0 Å². The molecular formula is C14H10N2O3. The van der Waals surface area contributed by atoms with E-state index in [1.54, 1.807) is 31.2 Å². The highest BCUT2D eigenvalue weighted by molar-refractivity contribution is 6.26. The highest BCUT2D eigenvalue weighted by Gasteiger charge is 2.19. The zero-order valence-corrected chi connectivity index (χ0v) is 10.1. The van der Waals surface area contributed by atoms with E-state index in [4.69, 9.17) is 4.42 Å². The van der Waals surface area contributed by atoms with E-state index in [9.17, 15) is 9.59 Å². The van der Waals surface area contributed by atoms with Crippen LogP contribution < -0.4 is 10.9 Å². The molecule has 1 amide bonds. The van der Waals surface area contributed by atoms with Gasteiger partial charge in [0.05, 0.1) is 22.2 Å². The SMILES string of the molecule is CC1=NNC(=O)/C1=C/c1coc2ccccc2c1=O. The monoisotopic (exact) mass is 254 g/mol. The number of benzene rings is 1. The molecule has 1 aliphatic heterocycles. The van der Waals surface area contributed by atoms with Crippen molar-refractivity contribution in [2.75, 3.05) is 0 Å². The van der Waals surface area contributed by atoms with Crippen LogP contribution in [0, 0.1) is 0 Å². The summed E-state index contributed by atoms with van der Waals surface area (Å²) in [5.41, 5.74) is 3.97. The number of carbonyl (C=O) groups is 1. The molecule has 2 aromatic rings. The highest BCUT2D eigenvalue weighted by Crippen LogP contribution is 2.14. The molecule has 0 saturated heterocycles. The third-order valence-electron chi connectivity index (χ3n) is 2.97. The van der Waals surface area contributed by atoms with Crippen molar-refractivity contribution >= 4 is 28.7 Å². The standard InChI is InChI=1S/C14H10N2O3/c1-8-11(14(18)16-15-8)6-9-7-19-12-5-3-2-4-10(12)13(9)17/h2-7H,1H3,(H,16,18)/b11-6+. The predicted molar refractivity (Wildman–Crippen MR) is 71.7 cm³/mol. The van der Waals surface area contributed by atoms with Gasteiger partial charge >= 0.3 is 0 Å². The zero-order chi connectivity index (χ0) is 13.4. The van der Waals surface area contributed by atoms with Gasteiger partial charge < -0.3 is 4.42 Å². The minimum atomic E-state index is -0.315. The maximum Gasteiger partial charge on any atom is 0.273 e. The molecule has 5 heteroatoms. The van der Waals surface area contributed by atoms with E-state index in [0.29, 0.717) is 27.8 Å². The molecule has 0 saturated carbocycles. The number of hydrazone groups is 1. The van der Waals surface area contributed by atoms with E-state index >= 15 is 0 Å². The number of hydrogen-bond acceptors (Lipinski definition) is 4. The summed E-state index contributed by atoms with van der Waals surface area (Å²) in [6.07, 6.45) is 2.86. The zero-order valence-electron chi connectivity index (χ0n) is 10.1. The molecule has 5 nitrogen and oxygen atoms in total. The van der Waals surface area contributed by atoms with Gasteiger partial charge in [-0.2, -0.15) is 5.10 Å². The summed E-state index contributed by atoms with van der Waals surface area (Å²) >= 11 is 0. The summed E-state index contributed by atoms with van der Waals surface area (Å²) in [6, 6.07) is 6.98. The quantitative estimate of drug-likeness (QED) is 0.787. The Morgan fingerprint density at radius 2 is 2.05 bits per heavy atom. The van der Waals surface area contributed by atoms with Gasteiger partial charge in [0.1, 0.15) is 11.8 Å². The lowest BCUT2D eigenvalue weighted by atomic mass is 10.1. The van der Waals surface area contributed by atoms with Crippen molar-refractivity contribution in [3.05, 3.63) is 51.9 Å². The van der Waals surface area contributed by atoms with Crippen LogP contribution in [0.5, 0.6) is 0 Å². The molecule has 19 heavy (non-hydrogen) atoms. The first-order valence-electron chi connectivity index (χ1n) is 5.74. The second-order valence-corrected chi connectivity index (χ2v) is 4.21. The van der Waals surface area contributed by atoms with Crippen LogP contribution in [0.1, 0.15) is 12.5 Å². The maximum atomic E-state index is 12.3. The number of amides is 1. The summed E-state index contributed by atoms with van der Waals surface area (Å²) in [5.74, 6) is -0.315. The number of nitrogens with zero attached hydrogens (tertiary/aromatic N) is 1. The van der Waals surface area contributed by atoms with Gasteiger partial charge in [-0.05, 0) is 25.1 Å². The smallest absolute Gasteiger partial charge is 0.273 e. The Morgan fingerprint density at radius 1 is 1.26 bits per heavy atom. The van der Waals surface area contributed by atoms with E-state index in [2.05, 4.69) is 10.5 Å². The first-order chi connectivity index (χ1) is 9.16. The number of rotatable bonds is 1. The summed E-state index contributed by atoms with van der Waals surface area (Å²) < 4.78 is 5.39. The van der Waals surface area contributed by atoms with Crippen LogP contribution >= 0.6 is 0 Å². The second-order valence-electron chi connectivity index (χ2n) is 4.21. The van der Waals surface area contributed by atoms with Gasteiger partial charge in [0.15, 0.2) is 5.43 Å². The molecule has 1 N–H and O–H groups in total. The van der Waals surface area contributed by atoms with Gasteiger partial charge in [-0.25, -0.2) is 5.43 Å². The van der Waals surface area contributed by atoms with Crippen LogP contribution in [0.2, 0.25) is 0 Å². The van der Waals surface area contributed by atoms with Crippen LogP contribution in [-0.2, 0) is 4.79 Å². The van der Waals surface area contributed by atoms with Crippen molar-refractivity contribution in [2.45, 2.75) is 6.92 Å². The Kier molecular flexibility index (Phi) is 2.52. The predicted octanol–water partition coefficient (Wildman–Crippen LogP) is 1.68. The topological polar surface area (TPSA) is 71.7 Å². The maximum absolute atomic E-state index is 12.3. The molecule has 1 aromatic carbocycles. The second kappa shape index (κ2) is 4.20. The summed E-state index contributed by atoms with van der Waals surface area (Å²) in [5, 5.41) is 4.29. The number of nitrogens with one attached hydrogen (secondary N) is 1. The molecule has 0 aliphatic carbocycles. The number of fused-ring (bicyclic) bond motifs is 1. The minimum absolute atomic E-state index is 0.165. The molecule has 0 fully saturated rings. The fourth-order valence-corrected chi connectivity index (χ4v) is 1.94. The average Bonchev–Trinajstić information content (AvgIpc) is 2.74. The molecular weight excluding hydrogens is 244 g/mol. The molecule has 1 aromatic heterocycles. The van der Waals surface area contributed by atoms with Gasteiger partial charge in [-0.1, -0.05) is 12.1 Å². The highest BCUT2D eigenvalue weighted by atomic mass is 16.3. The van der Waals surface area contributed by atoms with Crippen LogP contribution in [0.25, 0.3) is 17.0 Å². The van der Waals surface area contributed by atoms with Gasteiger partial charge in [-0.15, -0.1) is 0 Å². The van der Waals surface area contributed by atoms with Crippen molar-refractivity contribution in [1.29, 1.82) is 0 Å². The Hall–Kier alpha value is -2.69. The van der Waals surface area contributed by atoms with Gasteiger partial charge in [0.25, 0.3) is 5.91 Å². The lowest BCUT2D eigenvalue weighted by Gasteiger charge is -1.99. The number of para-hydroxylation sites is 1. The molecule has 2 heterocycles. The fourth-order valence-electron chi connectivity index (χ4n) is 1.94.